The van der Waals surface area contributed by atoms with Gasteiger partial charge in [-0.15, -0.1) is 0 Å². The highest BCUT2D eigenvalue weighted by Crippen LogP contribution is 2.33. The van der Waals surface area contributed by atoms with E-state index in [-0.39, 0.29) is 12.1 Å². The summed E-state index contributed by atoms with van der Waals surface area (Å²) in [5.74, 6) is 0. The fourth-order valence-corrected chi connectivity index (χ4v) is 3.21. The van der Waals surface area contributed by atoms with Crippen LogP contribution in [0.2, 0.25) is 0 Å². The smallest absolute Gasteiger partial charge is 0.100 e. The summed E-state index contributed by atoms with van der Waals surface area (Å²) in [7, 11) is 2.01. The zero-order valence-corrected chi connectivity index (χ0v) is 13.6. The minimum atomic E-state index is 0.0904. The van der Waals surface area contributed by atoms with Gasteiger partial charge in [0.05, 0.1) is 25.9 Å². The van der Waals surface area contributed by atoms with Crippen molar-refractivity contribution in [3.05, 3.63) is 33.4 Å². The van der Waals surface area contributed by atoms with Gasteiger partial charge in [0.25, 0.3) is 0 Å². The van der Waals surface area contributed by atoms with Crippen LogP contribution in [0.25, 0.3) is 0 Å². The minimum absolute atomic E-state index is 0.0904. The van der Waals surface area contributed by atoms with Crippen molar-refractivity contribution < 1.29 is 9.47 Å². The summed E-state index contributed by atoms with van der Waals surface area (Å²) in [4.78, 5) is 0. The van der Waals surface area contributed by atoms with E-state index < -0.39 is 0 Å². The first kappa shape index (κ1) is 15.5. The minimum Gasteiger partial charge on any atom is -0.376 e. The molecule has 0 spiro atoms. The highest BCUT2D eigenvalue weighted by Gasteiger charge is 2.29. The van der Waals surface area contributed by atoms with Gasteiger partial charge in [0, 0.05) is 0 Å². The third-order valence-corrected chi connectivity index (χ3v) is 4.89. The second-order valence-corrected chi connectivity index (χ2v) is 5.79. The van der Waals surface area contributed by atoms with Crippen molar-refractivity contribution in [2.24, 2.45) is 0 Å². The molecule has 0 bridgehead atoms. The van der Waals surface area contributed by atoms with Crippen molar-refractivity contribution in [1.29, 1.82) is 0 Å². The van der Waals surface area contributed by atoms with Gasteiger partial charge in [0.1, 0.15) is 6.10 Å². The van der Waals surface area contributed by atoms with E-state index in [4.69, 9.17) is 9.47 Å². The van der Waals surface area contributed by atoms with E-state index in [0.717, 1.165) is 0 Å². The molecule has 0 aromatic heterocycles. The summed E-state index contributed by atoms with van der Waals surface area (Å²) in [6.45, 7) is 13.1. The van der Waals surface area contributed by atoms with Crippen molar-refractivity contribution in [3.8, 4) is 0 Å². The second-order valence-electron chi connectivity index (χ2n) is 5.79. The first-order valence-corrected chi connectivity index (χ1v) is 7.42. The Labute approximate surface area is 122 Å². The monoisotopic (exact) mass is 277 g/mol. The zero-order chi connectivity index (χ0) is 14.9. The van der Waals surface area contributed by atoms with Crippen LogP contribution in [0.4, 0.5) is 0 Å². The number of benzene rings is 1. The summed E-state index contributed by atoms with van der Waals surface area (Å²) in [6, 6.07) is 0.188. The molecular weight excluding hydrogens is 250 g/mol. The van der Waals surface area contributed by atoms with E-state index in [9.17, 15) is 0 Å². The van der Waals surface area contributed by atoms with Crippen molar-refractivity contribution in [3.63, 3.8) is 0 Å². The summed E-state index contributed by atoms with van der Waals surface area (Å²) < 4.78 is 11.5. The lowest BCUT2D eigenvalue weighted by molar-refractivity contribution is -0.101. The SMILES string of the molecule is CNC(c1c(C)c(C)c(C)c(C)c1C)C1COCCO1. The number of hydrogen-bond donors (Lipinski definition) is 1. The van der Waals surface area contributed by atoms with Gasteiger partial charge in [0.15, 0.2) is 0 Å². The Morgan fingerprint density at radius 1 is 0.900 bits per heavy atom. The number of likely N-dealkylation sites (N-methyl/N-ethyl adjacent to an activating group) is 1. The first-order valence-electron chi connectivity index (χ1n) is 7.42. The lowest BCUT2D eigenvalue weighted by atomic mass is 9.84. The predicted octanol–water partition coefficient (Wildman–Crippen LogP) is 2.90. The quantitative estimate of drug-likeness (QED) is 0.921. The highest BCUT2D eigenvalue weighted by molar-refractivity contribution is 5.51. The molecule has 0 aliphatic carbocycles. The molecule has 1 aromatic rings. The predicted molar refractivity (Wildman–Crippen MR) is 82.5 cm³/mol. The summed E-state index contributed by atoms with van der Waals surface area (Å²) in [6.07, 6.45) is 0.0904. The molecule has 1 fully saturated rings. The maximum atomic E-state index is 5.92. The number of nitrogens with one attached hydrogen (secondary N) is 1. The topological polar surface area (TPSA) is 30.5 Å². The third-order valence-electron chi connectivity index (χ3n) is 4.89. The van der Waals surface area contributed by atoms with Crippen LogP contribution in [-0.4, -0.2) is 33.0 Å². The maximum Gasteiger partial charge on any atom is 0.100 e. The van der Waals surface area contributed by atoms with Crippen LogP contribution < -0.4 is 5.32 Å². The van der Waals surface area contributed by atoms with Gasteiger partial charge in [0.2, 0.25) is 0 Å². The number of hydrogen-bond acceptors (Lipinski definition) is 3. The van der Waals surface area contributed by atoms with Crippen molar-refractivity contribution in [2.75, 3.05) is 26.9 Å². The van der Waals surface area contributed by atoms with Gasteiger partial charge >= 0.3 is 0 Å². The van der Waals surface area contributed by atoms with Crippen LogP contribution in [0.1, 0.15) is 39.4 Å². The van der Waals surface area contributed by atoms with Crippen molar-refractivity contribution >= 4 is 0 Å². The Hall–Kier alpha value is -0.900. The molecule has 1 aliphatic rings. The maximum absolute atomic E-state index is 5.92. The Morgan fingerprint density at radius 3 is 1.90 bits per heavy atom. The van der Waals surface area contributed by atoms with Crippen LogP contribution >= 0.6 is 0 Å². The second kappa shape index (κ2) is 6.25. The average molecular weight is 277 g/mol. The normalized spacial score (nSPS) is 21.0. The molecule has 1 aromatic carbocycles. The summed E-state index contributed by atoms with van der Waals surface area (Å²) in [5, 5.41) is 3.44. The summed E-state index contributed by atoms with van der Waals surface area (Å²) in [5.41, 5.74) is 8.31. The van der Waals surface area contributed by atoms with Crippen LogP contribution in [0.15, 0.2) is 0 Å². The molecular formula is C17H27NO2. The average Bonchev–Trinajstić information content (AvgIpc) is 2.48. The van der Waals surface area contributed by atoms with E-state index in [0.29, 0.717) is 19.8 Å². The third kappa shape index (κ3) is 2.62. The van der Waals surface area contributed by atoms with Gasteiger partial charge in [-0.3, -0.25) is 0 Å². The van der Waals surface area contributed by atoms with Crippen molar-refractivity contribution in [2.45, 2.75) is 46.8 Å². The molecule has 1 saturated heterocycles. The molecule has 0 amide bonds. The standard InChI is InChI=1S/C17H27NO2/c1-10-11(2)13(4)16(14(5)12(10)3)17(18-6)15-9-19-7-8-20-15/h15,17-18H,7-9H2,1-6H3. The number of rotatable bonds is 3. The Morgan fingerprint density at radius 2 is 1.45 bits per heavy atom. The lowest BCUT2D eigenvalue weighted by Gasteiger charge is -2.33. The molecule has 20 heavy (non-hydrogen) atoms. The van der Waals surface area contributed by atoms with Gasteiger partial charge in [-0.1, -0.05) is 0 Å². The van der Waals surface area contributed by atoms with E-state index >= 15 is 0 Å². The molecule has 3 nitrogen and oxygen atoms in total. The lowest BCUT2D eigenvalue weighted by Crippen LogP contribution is -2.40. The van der Waals surface area contributed by atoms with Crippen LogP contribution in [0, 0.1) is 34.6 Å². The molecule has 2 rings (SSSR count). The van der Waals surface area contributed by atoms with E-state index in [2.05, 4.69) is 39.9 Å². The fraction of sp³-hybridized carbons (Fsp3) is 0.647. The molecule has 0 radical (unpaired) electrons. The molecule has 1 aliphatic heterocycles. The van der Waals surface area contributed by atoms with E-state index in [1.54, 1.807) is 0 Å². The fourth-order valence-electron chi connectivity index (χ4n) is 3.21. The Bertz CT molecular complexity index is 461. The summed E-state index contributed by atoms with van der Waals surface area (Å²) >= 11 is 0. The molecule has 3 heteroatoms. The van der Waals surface area contributed by atoms with Gasteiger partial charge in [-0.05, 0) is 75.0 Å². The van der Waals surface area contributed by atoms with Crippen LogP contribution in [-0.2, 0) is 9.47 Å². The molecule has 0 saturated carbocycles. The number of ether oxygens (including phenoxy) is 2. The highest BCUT2D eigenvalue weighted by atomic mass is 16.6. The molecule has 2 atom stereocenters. The van der Waals surface area contributed by atoms with Crippen molar-refractivity contribution in [1.82, 2.24) is 5.32 Å². The largest absolute Gasteiger partial charge is 0.376 e. The van der Waals surface area contributed by atoms with Crippen LogP contribution in [0.5, 0.6) is 0 Å². The van der Waals surface area contributed by atoms with Gasteiger partial charge in [-0.25, -0.2) is 0 Å². The Balaban J connectivity index is 2.48. The van der Waals surface area contributed by atoms with E-state index in [1.807, 2.05) is 7.05 Å². The molecule has 1 N–H and O–H groups in total. The van der Waals surface area contributed by atoms with E-state index in [1.165, 1.54) is 33.4 Å². The van der Waals surface area contributed by atoms with Gasteiger partial charge in [-0.2, -0.15) is 0 Å². The first-order chi connectivity index (χ1) is 9.49. The Kier molecular flexibility index (Phi) is 4.84. The van der Waals surface area contributed by atoms with Crippen LogP contribution in [0.3, 0.4) is 0 Å². The molecule has 1 heterocycles. The van der Waals surface area contributed by atoms with Gasteiger partial charge < -0.3 is 14.8 Å². The molecule has 112 valence electrons. The molecule has 2 unspecified atom stereocenters. The zero-order valence-electron chi connectivity index (χ0n) is 13.6.